The third kappa shape index (κ3) is 10.9. The van der Waals surface area contributed by atoms with Crippen LogP contribution in [0.15, 0.2) is 71.1 Å². The molecule has 0 unspecified atom stereocenters. The van der Waals surface area contributed by atoms with Gasteiger partial charge in [-0.2, -0.15) is 0 Å². The van der Waals surface area contributed by atoms with Gasteiger partial charge in [-0.05, 0) is 73.9 Å². The molecule has 1 aromatic heterocycles. The number of carbonyl (C=O) groups excluding carboxylic acids is 4. The zero-order chi connectivity index (χ0) is 46.8. The van der Waals surface area contributed by atoms with Gasteiger partial charge in [-0.25, -0.2) is 14.8 Å². The number of imidazole rings is 1. The highest BCUT2D eigenvalue weighted by molar-refractivity contribution is 6.34. The van der Waals surface area contributed by atoms with E-state index in [-0.39, 0.29) is 68.9 Å². The summed E-state index contributed by atoms with van der Waals surface area (Å²) in [5.74, 6) is -0.216. The third-order valence-corrected chi connectivity index (χ3v) is 12.5. The van der Waals surface area contributed by atoms with Crippen LogP contribution < -0.4 is 15.4 Å². The van der Waals surface area contributed by atoms with Crippen molar-refractivity contribution in [2.45, 2.75) is 85.8 Å². The van der Waals surface area contributed by atoms with Gasteiger partial charge in [0.25, 0.3) is 5.91 Å². The molecule has 1 aliphatic carbocycles. The second-order valence-corrected chi connectivity index (χ2v) is 18.3. The van der Waals surface area contributed by atoms with E-state index in [1.54, 1.807) is 48.4 Å². The molecule has 2 aromatic carbocycles. The highest BCUT2D eigenvalue weighted by Gasteiger charge is 2.52. The van der Waals surface area contributed by atoms with E-state index in [9.17, 15) is 32.3 Å². The summed E-state index contributed by atoms with van der Waals surface area (Å²) in [6.45, 7) is 19.2. The molecule has 6 rings (SSSR count). The van der Waals surface area contributed by atoms with Crippen LogP contribution in [-0.2, 0) is 19.1 Å². The number of likely N-dealkylation sites (tertiary alicyclic amines) is 1. The third-order valence-electron chi connectivity index (χ3n) is 12.2. The van der Waals surface area contributed by atoms with Crippen LogP contribution in [0.1, 0.15) is 73.2 Å². The molecule has 5 atom stereocenters. The van der Waals surface area contributed by atoms with Crippen molar-refractivity contribution in [2.24, 2.45) is 28.2 Å². The molecule has 3 heterocycles. The number of carbonyl (C=O) groups is 4. The van der Waals surface area contributed by atoms with E-state index < -0.39 is 30.2 Å². The van der Waals surface area contributed by atoms with E-state index in [0.717, 1.165) is 12.5 Å². The summed E-state index contributed by atoms with van der Waals surface area (Å²) in [5, 5.41) is 5.21. The molecule has 0 bridgehead atoms. The topological polar surface area (TPSA) is 162 Å². The van der Waals surface area contributed by atoms with E-state index in [1.165, 1.54) is 19.3 Å². The fourth-order valence-electron chi connectivity index (χ4n) is 8.34. The molecule has 2 saturated heterocycles. The van der Waals surface area contributed by atoms with Crippen molar-refractivity contribution in [1.82, 2.24) is 30.0 Å². The van der Waals surface area contributed by atoms with E-state index in [2.05, 4.69) is 50.9 Å². The maximum atomic E-state index is 13.8. The van der Waals surface area contributed by atoms with Gasteiger partial charge in [0.05, 0.1) is 35.8 Å². The molecule has 3 fully saturated rings. The number of allylic oxidation sites excluding steroid dienone is 2. The van der Waals surface area contributed by atoms with Gasteiger partial charge in [-0.3, -0.25) is 14.4 Å². The van der Waals surface area contributed by atoms with Crippen molar-refractivity contribution >= 4 is 47.8 Å². The Morgan fingerprint density at radius 1 is 1.05 bits per heavy atom. The number of nitrogens with one attached hydrogen (secondary N) is 3. The van der Waals surface area contributed by atoms with E-state index in [4.69, 9.17) is 16.3 Å². The second kappa shape index (κ2) is 19.1. The summed E-state index contributed by atoms with van der Waals surface area (Å²) in [7, 11) is 1.24. The van der Waals surface area contributed by atoms with Gasteiger partial charge in [-0.1, -0.05) is 76.6 Å². The molecular weight excluding hydrogens is 853 g/mol. The number of aromatic amines is 1. The first kappa shape index (κ1) is 47.6. The molecule has 4 amide bonds. The quantitative estimate of drug-likeness (QED) is 0.0873. The molecule has 64 heavy (non-hydrogen) atoms. The Morgan fingerprint density at radius 2 is 1.72 bits per heavy atom. The van der Waals surface area contributed by atoms with Crippen LogP contribution in [0.3, 0.4) is 0 Å². The Morgan fingerprint density at radius 3 is 2.31 bits per heavy atom. The number of benzene rings is 2. The number of hydrogen-bond acceptors (Lipinski definition) is 9. The largest absolute Gasteiger partial charge is 0.573 e. The molecule has 2 aliphatic heterocycles. The number of halogens is 4. The normalized spacial score (nSPS) is 21.7. The number of alkyl carbamates (subject to hydrolysis) is 1. The van der Waals surface area contributed by atoms with Crippen LogP contribution in [0.5, 0.6) is 5.75 Å². The minimum atomic E-state index is -5.06. The maximum absolute atomic E-state index is 13.8. The number of H-pyrrole nitrogens is 1. The number of anilines is 1. The van der Waals surface area contributed by atoms with Crippen molar-refractivity contribution in [3.05, 3.63) is 77.0 Å². The number of aliphatic imine (C=N–C) groups is 1. The molecule has 3 N–H and O–H groups in total. The summed E-state index contributed by atoms with van der Waals surface area (Å²) >= 11 is 6.61. The van der Waals surface area contributed by atoms with Crippen LogP contribution in [0, 0.1) is 23.2 Å². The van der Waals surface area contributed by atoms with Crippen LogP contribution >= 0.6 is 11.6 Å². The molecule has 3 aromatic rings. The van der Waals surface area contributed by atoms with Crippen LogP contribution in [0.4, 0.5) is 23.7 Å². The van der Waals surface area contributed by atoms with E-state index in [0.29, 0.717) is 61.1 Å². The minimum Gasteiger partial charge on any atom is -0.453 e. The first-order valence-electron chi connectivity index (χ1n) is 21.2. The van der Waals surface area contributed by atoms with E-state index in [1.807, 2.05) is 37.5 Å². The molecule has 344 valence electrons. The van der Waals surface area contributed by atoms with Crippen LogP contribution in [0.2, 0.25) is 5.02 Å². The lowest BCUT2D eigenvalue weighted by molar-refractivity contribution is -0.274. The van der Waals surface area contributed by atoms with Crippen LogP contribution in [-0.4, -0.2) is 107 Å². The highest BCUT2D eigenvalue weighted by atomic mass is 35.5. The van der Waals surface area contributed by atoms with Crippen LogP contribution in [0.25, 0.3) is 22.4 Å². The molecular formula is C46H56ClF3N8O6. The number of alkyl halides is 3. The van der Waals surface area contributed by atoms with Crippen molar-refractivity contribution in [3.63, 3.8) is 0 Å². The van der Waals surface area contributed by atoms with Gasteiger partial charge in [0.2, 0.25) is 11.8 Å². The van der Waals surface area contributed by atoms with Crippen molar-refractivity contribution in [3.8, 4) is 28.1 Å². The SMILES string of the molecule is C=N/C(=C\C=C(/C)C(=O)Nc1cc(OC(F)(F)F)c(-c2ccc(-c3cnc([C@@H]4C[C@H](C)CN4C(=O)[C@@H](NC(=O)OC)C(C)C)[nH]3)cc2)cc1Cl)N1CCN(C(=O)[C@H]2CC2(C)C)C[C@H]1C. The number of hydrogen-bond donors (Lipinski definition) is 3. The Bertz CT molecular complexity index is 2330. The zero-order valence-corrected chi connectivity index (χ0v) is 38.1. The lowest BCUT2D eigenvalue weighted by Gasteiger charge is -2.41. The summed E-state index contributed by atoms with van der Waals surface area (Å²) in [6.07, 6.45) is 0.555. The smallest absolute Gasteiger partial charge is 0.453 e. The fraction of sp³-hybridized carbons (Fsp3) is 0.478. The minimum absolute atomic E-state index is 0.0280. The number of amides is 4. The number of rotatable bonds is 13. The number of methoxy groups -OCH3 is 1. The fourth-order valence-corrected chi connectivity index (χ4v) is 8.55. The number of nitrogens with zero attached hydrogens (tertiary/aromatic N) is 5. The van der Waals surface area contributed by atoms with Gasteiger partial charge < -0.3 is 39.8 Å². The molecule has 0 spiro atoms. The second-order valence-electron chi connectivity index (χ2n) is 17.9. The monoisotopic (exact) mass is 908 g/mol. The first-order chi connectivity index (χ1) is 30.1. The van der Waals surface area contributed by atoms with Gasteiger partial charge in [0.1, 0.15) is 23.4 Å². The van der Waals surface area contributed by atoms with Gasteiger partial charge >= 0.3 is 12.5 Å². The molecule has 3 aliphatic rings. The van der Waals surface area contributed by atoms with Gasteiger partial charge in [0.15, 0.2) is 0 Å². The molecule has 18 heteroatoms. The van der Waals surface area contributed by atoms with Crippen molar-refractivity contribution in [2.75, 3.05) is 38.6 Å². The zero-order valence-electron chi connectivity index (χ0n) is 37.3. The number of piperazine rings is 1. The highest BCUT2D eigenvalue weighted by Crippen LogP contribution is 2.52. The molecule has 0 radical (unpaired) electrons. The Kier molecular flexibility index (Phi) is 14.2. The summed E-state index contributed by atoms with van der Waals surface area (Å²) in [5.41, 5.74) is 1.81. The maximum Gasteiger partial charge on any atom is 0.573 e. The lowest BCUT2D eigenvalue weighted by Crippen LogP contribution is -2.53. The van der Waals surface area contributed by atoms with Gasteiger partial charge in [0, 0.05) is 55.3 Å². The summed E-state index contributed by atoms with van der Waals surface area (Å²) in [6, 6.07) is 7.70. The van der Waals surface area contributed by atoms with Crippen molar-refractivity contribution in [1.29, 1.82) is 0 Å². The predicted octanol–water partition coefficient (Wildman–Crippen LogP) is 8.59. The standard InChI is InChI=1S/C46H56ClF3N8O6/c1-25(2)39(55-44(62)63-9)43(61)58-23-26(3)18-36(58)40-52-22-35(53-40)30-13-11-29(12-14-30)31-19-33(47)34(20-37(31)64-46(48,49)50)54-41(59)27(4)10-15-38(51-8)57-17-16-56(24-28(57)5)42(60)32-21-45(32,6)7/h10-15,19-20,22,25-26,28,32,36,39H,8,16-18,21,23-24H2,1-7,9H3,(H,52,53)(H,54,59)(H,55,62)/b27-10+,38-15+/t26-,28+,32+,36-,39-/m0/s1. The Balaban J connectivity index is 1.16. The Labute approximate surface area is 376 Å². The molecule has 1 saturated carbocycles. The lowest BCUT2D eigenvalue weighted by atomic mass is 10.0. The average Bonchev–Trinajstić information content (AvgIpc) is 3.52. The summed E-state index contributed by atoms with van der Waals surface area (Å²) < 4.78 is 50.6. The molecule has 14 nitrogen and oxygen atoms in total. The van der Waals surface area contributed by atoms with Crippen molar-refractivity contribution < 1.29 is 41.8 Å². The number of aromatic nitrogens is 2. The first-order valence-corrected chi connectivity index (χ1v) is 21.6. The number of ether oxygens (including phenoxy) is 2. The summed E-state index contributed by atoms with van der Waals surface area (Å²) in [4.78, 5) is 69.8. The predicted molar refractivity (Wildman–Crippen MR) is 238 cm³/mol. The van der Waals surface area contributed by atoms with Gasteiger partial charge in [-0.15, -0.1) is 13.2 Å². The van der Waals surface area contributed by atoms with E-state index >= 15 is 0 Å². The Hall–Kier alpha value is -5.84. The average molecular weight is 909 g/mol.